The van der Waals surface area contributed by atoms with Crippen LogP contribution >= 0.6 is 11.3 Å². The minimum Gasteiger partial charge on any atom is -0.350 e. The van der Waals surface area contributed by atoms with Gasteiger partial charge in [-0.3, -0.25) is 4.79 Å². The number of thiophene rings is 1. The molecule has 3 nitrogen and oxygen atoms in total. The van der Waals surface area contributed by atoms with Gasteiger partial charge < -0.3 is 10.2 Å². The lowest BCUT2D eigenvalue weighted by molar-refractivity contribution is 0.0948. The summed E-state index contributed by atoms with van der Waals surface area (Å²) in [5.41, 5.74) is 0. The largest absolute Gasteiger partial charge is 0.350 e. The second-order valence-electron chi connectivity index (χ2n) is 5.14. The molecule has 3 rings (SSSR count). The van der Waals surface area contributed by atoms with E-state index in [0.29, 0.717) is 6.04 Å². The number of benzene rings is 1. The highest BCUT2D eigenvalue weighted by Gasteiger charge is 2.21. The maximum Gasteiger partial charge on any atom is 0.261 e. The molecule has 19 heavy (non-hydrogen) atoms. The first-order valence-electron chi connectivity index (χ1n) is 6.71. The zero-order valence-corrected chi connectivity index (χ0v) is 11.9. The fourth-order valence-electron chi connectivity index (χ4n) is 2.63. The number of likely N-dealkylation sites (tertiary alicyclic amines) is 1. The van der Waals surface area contributed by atoms with Crippen LogP contribution in [0, 0.1) is 0 Å². The first-order chi connectivity index (χ1) is 9.24. The van der Waals surface area contributed by atoms with E-state index in [0.717, 1.165) is 23.4 Å². The van der Waals surface area contributed by atoms with Gasteiger partial charge in [0, 0.05) is 17.3 Å². The predicted molar refractivity (Wildman–Crippen MR) is 79.8 cm³/mol. The van der Waals surface area contributed by atoms with E-state index in [2.05, 4.69) is 23.3 Å². The molecule has 0 saturated carbocycles. The lowest BCUT2D eigenvalue weighted by atomic mass is 10.2. The van der Waals surface area contributed by atoms with Crippen molar-refractivity contribution in [3.05, 3.63) is 35.2 Å². The Labute approximate surface area is 117 Å². The number of nitrogens with one attached hydrogen (secondary N) is 1. The smallest absolute Gasteiger partial charge is 0.261 e. The quantitative estimate of drug-likeness (QED) is 0.933. The van der Waals surface area contributed by atoms with Gasteiger partial charge in [-0.05, 0) is 44.0 Å². The number of hydrogen-bond acceptors (Lipinski definition) is 3. The van der Waals surface area contributed by atoms with E-state index in [1.807, 2.05) is 24.3 Å². The maximum atomic E-state index is 12.2. The standard InChI is InChI=1S/C15H18N2OS/c1-17-8-4-6-12(17)10-16-15(18)14-9-11-5-2-3-7-13(11)19-14/h2-3,5,7,9,12H,4,6,8,10H2,1H3,(H,16,18)/t12-/m0/s1. The van der Waals surface area contributed by atoms with Gasteiger partial charge in [0.25, 0.3) is 5.91 Å². The van der Waals surface area contributed by atoms with Crippen LogP contribution in [0.5, 0.6) is 0 Å². The SMILES string of the molecule is CN1CCC[C@H]1CNC(=O)c1cc2ccccc2s1. The molecular formula is C15H18N2OS. The highest BCUT2D eigenvalue weighted by molar-refractivity contribution is 7.20. The molecule has 1 N–H and O–H groups in total. The van der Waals surface area contributed by atoms with Gasteiger partial charge in [-0.15, -0.1) is 11.3 Å². The molecule has 1 amide bonds. The summed E-state index contributed by atoms with van der Waals surface area (Å²) in [5, 5.41) is 4.21. The van der Waals surface area contributed by atoms with Crippen molar-refractivity contribution in [2.45, 2.75) is 18.9 Å². The van der Waals surface area contributed by atoms with Crippen molar-refractivity contribution < 1.29 is 4.79 Å². The summed E-state index contributed by atoms with van der Waals surface area (Å²) >= 11 is 1.56. The van der Waals surface area contributed by atoms with Crippen molar-refractivity contribution >= 4 is 27.3 Å². The molecule has 0 radical (unpaired) electrons. The fourth-order valence-corrected chi connectivity index (χ4v) is 3.61. The van der Waals surface area contributed by atoms with Crippen LogP contribution in [0.15, 0.2) is 30.3 Å². The molecule has 1 aliphatic rings. The summed E-state index contributed by atoms with van der Waals surface area (Å²) in [5.74, 6) is 0.0569. The highest BCUT2D eigenvalue weighted by atomic mass is 32.1. The van der Waals surface area contributed by atoms with Gasteiger partial charge in [-0.25, -0.2) is 0 Å². The summed E-state index contributed by atoms with van der Waals surface area (Å²) < 4.78 is 1.17. The summed E-state index contributed by atoms with van der Waals surface area (Å²) in [6.07, 6.45) is 2.42. The molecule has 1 aliphatic heterocycles. The topological polar surface area (TPSA) is 32.3 Å². The van der Waals surface area contributed by atoms with E-state index in [9.17, 15) is 4.79 Å². The predicted octanol–water partition coefficient (Wildman–Crippen LogP) is 2.73. The monoisotopic (exact) mass is 274 g/mol. The molecule has 4 heteroatoms. The molecule has 0 unspecified atom stereocenters. The third-order valence-corrected chi connectivity index (χ3v) is 4.93. The molecule has 1 saturated heterocycles. The second kappa shape index (κ2) is 5.31. The van der Waals surface area contributed by atoms with E-state index >= 15 is 0 Å². The molecule has 0 spiro atoms. The van der Waals surface area contributed by atoms with E-state index in [1.54, 1.807) is 11.3 Å². The lowest BCUT2D eigenvalue weighted by Crippen LogP contribution is -2.37. The van der Waals surface area contributed by atoms with E-state index in [-0.39, 0.29) is 5.91 Å². The normalized spacial score (nSPS) is 19.9. The minimum atomic E-state index is 0.0569. The van der Waals surface area contributed by atoms with Crippen LogP contribution in [0.1, 0.15) is 22.5 Å². The Balaban J connectivity index is 1.66. The number of amides is 1. The maximum absolute atomic E-state index is 12.2. The number of likely N-dealkylation sites (N-methyl/N-ethyl adjacent to an activating group) is 1. The number of hydrogen-bond donors (Lipinski definition) is 1. The van der Waals surface area contributed by atoms with Crippen LogP contribution in [0.2, 0.25) is 0 Å². The summed E-state index contributed by atoms with van der Waals surface area (Å²) in [6, 6.07) is 10.6. The molecule has 1 aromatic carbocycles. The minimum absolute atomic E-state index is 0.0569. The summed E-state index contributed by atoms with van der Waals surface area (Å²) in [7, 11) is 2.13. The van der Waals surface area contributed by atoms with Gasteiger partial charge in [0.1, 0.15) is 0 Å². The molecule has 0 bridgehead atoms. The Bertz CT molecular complexity index is 560. The zero-order chi connectivity index (χ0) is 13.2. The molecule has 1 atom stereocenters. The number of rotatable bonds is 3. The van der Waals surface area contributed by atoms with Gasteiger partial charge in [0.15, 0.2) is 0 Å². The van der Waals surface area contributed by atoms with Crippen LogP contribution in [-0.4, -0.2) is 37.0 Å². The van der Waals surface area contributed by atoms with Crippen molar-refractivity contribution in [3.63, 3.8) is 0 Å². The third kappa shape index (κ3) is 2.65. The number of nitrogens with zero attached hydrogens (tertiary/aromatic N) is 1. The molecule has 1 fully saturated rings. The summed E-state index contributed by atoms with van der Waals surface area (Å²) in [6.45, 7) is 1.90. The van der Waals surface area contributed by atoms with Gasteiger partial charge in [0.2, 0.25) is 0 Å². The van der Waals surface area contributed by atoms with Crippen molar-refractivity contribution in [3.8, 4) is 0 Å². The summed E-state index contributed by atoms with van der Waals surface area (Å²) in [4.78, 5) is 15.3. The molecular weight excluding hydrogens is 256 g/mol. The Morgan fingerprint density at radius 3 is 3.05 bits per heavy atom. The van der Waals surface area contributed by atoms with Crippen LogP contribution in [-0.2, 0) is 0 Å². The first kappa shape index (κ1) is 12.6. The highest BCUT2D eigenvalue weighted by Crippen LogP contribution is 2.25. The molecule has 2 heterocycles. The Morgan fingerprint density at radius 1 is 1.47 bits per heavy atom. The lowest BCUT2D eigenvalue weighted by Gasteiger charge is -2.19. The molecule has 1 aromatic heterocycles. The Morgan fingerprint density at radius 2 is 2.32 bits per heavy atom. The Hall–Kier alpha value is -1.39. The van der Waals surface area contributed by atoms with Crippen molar-refractivity contribution in [1.29, 1.82) is 0 Å². The number of fused-ring (bicyclic) bond motifs is 1. The van der Waals surface area contributed by atoms with E-state index < -0.39 is 0 Å². The van der Waals surface area contributed by atoms with Crippen molar-refractivity contribution in [1.82, 2.24) is 10.2 Å². The average molecular weight is 274 g/mol. The van der Waals surface area contributed by atoms with E-state index in [4.69, 9.17) is 0 Å². The number of carbonyl (C=O) groups is 1. The fraction of sp³-hybridized carbons (Fsp3) is 0.400. The number of carbonyl (C=O) groups excluding carboxylic acids is 1. The molecule has 2 aromatic rings. The van der Waals surface area contributed by atoms with Gasteiger partial charge in [0.05, 0.1) is 4.88 Å². The Kier molecular flexibility index (Phi) is 3.53. The van der Waals surface area contributed by atoms with Gasteiger partial charge in [-0.2, -0.15) is 0 Å². The molecule has 100 valence electrons. The van der Waals surface area contributed by atoms with Crippen LogP contribution in [0.3, 0.4) is 0 Å². The van der Waals surface area contributed by atoms with E-state index in [1.165, 1.54) is 17.5 Å². The molecule has 0 aliphatic carbocycles. The third-order valence-electron chi connectivity index (χ3n) is 3.82. The zero-order valence-electron chi connectivity index (χ0n) is 11.1. The van der Waals surface area contributed by atoms with Crippen LogP contribution < -0.4 is 5.32 Å². The average Bonchev–Trinajstić information content (AvgIpc) is 3.01. The van der Waals surface area contributed by atoms with Crippen molar-refractivity contribution in [2.24, 2.45) is 0 Å². The van der Waals surface area contributed by atoms with Crippen LogP contribution in [0.4, 0.5) is 0 Å². The van der Waals surface area contributed by atoms with Gasteiger partial charge in [-0.1, -0.05) is 18.2 Å². The van der Waals surface area contributed by atoms with Gasteiger partial charge >= 0.3 is 0 Å². The van der Waals surface area contributed by atoms with Crippen molar-refractivity contribution in [2.75, 3.05) is 20.1 Å². The first-order valence-corrected chi connectivity index (χ1v) is 7.53. The second-order valence-corrected chi connectivity index (χ2v) is 6.22. The van der Waals surface area contributed by atoms with Crippen LogP contribution in [0.25, 0.3) is 10.1 Å².